The quantitative estimate of drug-likeness (QED) is 0.379. The molecule has 0 amide bonds. The van der Waals surface area contributed by atoms with E-state index in [-0.39, 0.29) is 54.7 Å². The molecule has 0 saturated heterocycles. The van der Waals surface area contributed by atoms with Gasteiger partial charge < -0.3 is 26.2 Å². The molecule has 31 heavy (non-hydrogen) atoms. The Labute approximate surface area is 186 Å². The van der Waals surface area contributed by atoms with E-state index in [9.17, 15) is 19.8 Å². The molecular weight excluding hydrogens is 398 g/mol. The first kappa shape index (κ1) is 27.3. The van der Waals surface area contributed by atoms with Gasteiger partial charge in [-0.1, -0.05) is 45.9 Å². The minimum absolute atomic E-state index is 0. The number of esters is 1. The lowest BCUT2D eigenvalue weighted by Crippen LogP contribution is -2.41. The first-order valence-electron chi connectivity index (χ1n) is 11.3. The predicted octanol–water partition coefficient (Wildman–Crippen LogP) is 3.88. The summed E-state index contributed by atoms with van der Waals surface area (Å²) in [5.41, 5.74) is 1.21. The van der Waals surface area contributed by atoms with Crippen molar-refractivity contribution in [3.8, 4) is 0 Å². The van der Waals surface area contributed by atoms with Crippen LogP contribution in [0.4, 0.5) is 0 Å². The van der Waals surface area contributed by atoms with Gasteiger partial charge in [0.15, 0.2) is 0 Å². The average molecular weight is 440 g/mol. The van der Waals surface area contributed by atoms with Crippen molar-refractivity contribution >= 4 is 11.9 Å². The third-order valence-electron chi connectivity index (χ3n) is 6.67. The molecule has 2 rings (SSSR count). The Morgan fingerprint density at radius 3 is 2.52 bits per heavy atom. The summed E-state index contributed by atoms with van der Waals surface area (Å²) in [5.74, 6) is -0.406. The smallest absolute Gasteiger partial charge is 0.308 e. The van der Waals surface area contributed by atoms with E-state index in [1.807, 2.05) is 13.8 Å². The van der Waals surface area contributed by atoms with Crippen molar-refractivity contribution in [2.24, 2.45) is 29.6 Å². The molecule has 7 nitrogen and oxygen atoms in total. The number of rotatable bonds is 10. The van der Waals surface area contributed by atoms with Crippen LogP contribution < -0.4 is 6.15 Å². The molecule has 2 aliphatic carbocycles. The van der Waals surface area contributed by atoms with Gasteiger partial charge in [0.05, 0.1) is 24.5 Å². The number of aliphatic hydroxyl groups is 2. The lowest BCUT2D eigenvalue weighted by molar-refractivity contribution is -0.158. The minimum atomic E-state index is -1.07. The second-order valence-electron chi connectivity index (χ2n) is 9.29. The number of carboxylic acid groups (broad SMARTS) is 1. The third-order valence-corrected chi connectivity index (χ3v) is 6.67. The zero-order valence-electron chi connectivity index (χ0n) is 19.4. The second kappa shape index (κ2) is 12.4. The van der Waals surface area contributed by atoms with Crippen LogP contribution in [0.2, 0.25) is 0 Å². The minimum Gasteiger partial charge on any atom is -0.481 e. The van der Waals surface area contributed by atoms with Gasteiger partial charge >= 0.3 is 11.9 Å². The number of carbonyl (C=O) groups is 2. The largest absolute Gasteiger partial charge is 0.481 e. The van der Waals surface area contributed by atoms with Gasteiger partial charge in [0.1, 0.15) is 6.10 Å². The number of aliphatic hydroxyl groups excluding tert-OH is 2. The molecule has 6 N–H and O–H groups in total. The fraction of sp³-hybridized carbons (Fsp3) is 0.750. The van der Waals surface area contributed by atoms with Crippen LogP contribution in [0.1, 0.15) is 66.2 Å². The molecule has 0 fully saturated rings. The Hall–Kier alpha value is -1.70. The number of hydrogen-bond acceptors (Lipinski definition) is 6. The van der Waals surface area contributed by atoms with Crippen LogP contribution in [0.15, 0.2) is 23.8 Å². The number of aliphatic carboxylic acids is 1. The van der Waals surface area contributed by atoms with Crippen LogP contribution in [0.3, 0.4) is 0 Å². The summed E-state index contributed by atoms with van der Waals surface area (Å²) in [6.07, 6.45) is 7.07. The number of carboxylic acids is 1. The molecule has 0 spiro atoms. The summed E-state index contributed by atoms with van der Waals surface area (Å²) in [4.78, 5) is 23.2. The molecule has 0 saturated carbocycles. The molecule has 0 aliphatic heterocycles. The summed E-state index contributed by atoms with van der Waals surface area (Å²) in [6, 6.07) is 0. The topological polar surface area (TPSA) is 139 Å². The van der Waals surface area contributed by atoms with Gasteiger partial charge in [0.2, 0.25) is 0 Å². The summed E-state index contributed by atoms with van der Waals surface area (Å²) in [5, 5.41) is 28.9. The SMILES string of the molecule is CC[C@H](C)C(=O)O[C@H]1C[C@@H](C)C=C2C=C[C@H](C)[C@H](CC[C@@H](O)C[C@@H](O)CC(=O)O)[C@H]21.N. The fourth-order valence-electron chi connectivity index (χ4n) is 4.76. The Morgan fingerprint density at radius 1 is 1.23 bits per heavy atom. The Balaban J connectivity index is 0.00000480. The standard InChI is InChI=1S/C24H38O6.H3N/c1-5-15(3)24(29)30-21-11-14(2)10-17-7-6-16(4)20(23(17)21)9-8-18(25)12-19(26)13-22(27)28;/h6-7,10,14-16,18-21,23,25-26H,5,8-9,11-13H2,1-4H3,(H,27,28);1H3/t14-,15-,16-,18+,19+,20-,21-,23-;/m0./s1. The number of carbonyl (C=O) groups excluding carboxylic acids is 1. The van der Waals surface area contributed by atoms with Crippen molar-refractivity contribution in [1.82, 2.24) is 6.15 Å². The van der Waals surface area contributed by atoms with Gasteiger partial charge in [-0.2, -0.15) is 0 Å². The van der Waals surface area contributed by atoms with E-state index in [0.29, 0.717) is 12.3 Å². The van der Waals surface area contributed by atoms with Gasteiger partial charge in [0.25, 0.3) is 0 Å². The Morgan fingerprint density at radius 2 is 1.90 bits per heavy atom. The Kier molecular flexibility index (Phi) is 10.9. The van der Waals surface area contributed by atoms with Gasteiger partial charge in [-0.05, 0) is 55.4 Å². The van der Waals surface area contributed by atoms with Gasteiger partial charge in [-0.15, -0.1) is 0 Å². The third kappa shape index (κ3) is 7.74. The van der Waals surface area contributed by atoms with E-state index in [0.717, 1.165) is 19.3 Å². The molecule has 0 aromatic heterocycles. The van der Waals surface area contributed by atoms with Crippen molar-refractivity contribution in [2.75, 3.05) is 0 Å². The molecule has 0 aromatic carbocycles. The normalized spacial score (nSPS) is 30.3. The van der Waals surface area contributed by atoms with E-state index < -0.39 is 18.2 Å². The molecule has 7 heteroatoms. The highest BCUT2D eigenvalue weighted by Crippen LogP contribution is 2.45. The molecule has 0 bridgehead atoms. The molecule has 0 radical (unpaired) electrons. The molecule has 0 heterocycles. The van der Waals surface area contributed by atoms with Crippen LogP contribution >= 0.6 is 0 Å². The number of fused-ring (bicyclic) bond motifs is 1. The van der Waals surface area contributed by atoms with Crippen LogP contribution in [0.5, 0.6) is 0 Å². The highest BCUT2D eigenvalue weighted by atomic mass is 16.5. The summed E-state index contributed by atoms with van der Waals surface area (Å²) in [6.45, 7) is 8.16. The van der Waals surface area contributed by atoms with Crippen LogP contribution in [0.25, 0.3) is 0 Å². The first-order valence-corrected chi connectivity index (χ1v) is 11.3. The average Bonchev–Trinajstić information content (AvgIpc) is 2.65. The number of hydrogen-bond donors (Lipinski definition) is 4. The maximum absolute atomic E-state index is 12.5. The molecule has 0 aromatic rings. The number of allylic oxidation sites excluding steroid dienone is 3. The van der Waals surface area contributed by atoms with E-state index in [1.54, 1.807) is 0 Å². The van der Waals surface area contributed by atoms with Crippen molar-refractivity contribution < 1.29 is 29.6 Å². The van der Waals surface area contributed by atoms with Crippen LogP contribution in [0, 0.1) is 29.6 Å². The van der Waals surface area contributed by atoms with E-state index in [2.05, 4.69) is 32.1 Å². The second-order valence-corrected chi connectivity index (χ2v) is 9.29. The summed E-state index contributed by atoms with van der Waals surface area (Å²) < 4.78 is 6.00. The molecule has 8 atom stereocenters. The van der Waals surface area contributed by atoms with E-state index in [1.165, 1.54) is 5.57 Å². The molecule has 178 valence electrons. The zero-order valence-corrected chi connectivity index (χ0v) is 19.4. The summed E-state index contributed by atoms with van der Waals surface area (Å²) >= 11 is 0. The van der Waals surface area contributed by atoms with Crippen molar-refractivity contribution in [3.63, 3.8) is 0 Å². The van der Waals surface area contributed by atoms with Crippen molar-refractivity contribution in [3.05, 3.63) is 23.8 Å². The molecule has 2 aliphatic rings. The Bertz CT molecular complexity index is 660. The molecular formula is C24H41NO6. The predicted molar refractivity (Wildman–Crippen MR) is 120 cm³/mol. The van der Waals surface area contributed by atoms with Crippen LogP contribution in [-0.2, 0) is 14.3 Å². The molecule has 0 unspecified atom stereocenters. The van der Waals surface area contributed by atoms with Crippen molar-refractivity contribution in [1.29, 1.82) is 0 Å². The van der Waals surface area contributed by atoms with Gasteiger partial charge in [-0.25, -0.2) is 0 Å². The first-order chi connectivity index (χ1) is 14.1. The number of ether oxygens (including phenoxy) is 1. The highest BCUT2D eigenvalue weighted by molar-refractivity contribution is 5.72. The highest BCUT2D eigenvalue weighted by Gasteiger charge is 2.41. The fourth-order valence-corrected chi connectivity index (χ4v) is 4.76. The van der Waals surface area contributed by atoms with Gasteiger partial charge in [0, 0.05) is 5.92 Å². The maximum atomic E-state index is 12.5. The van der Waals surface area contributed by atoms with E-state index in [4.69, 9.17) is 9.84 Å². The van der Waals surface area contributed by atoms with Crippen LogP contribution in [-0.4, -0.2) is 45.6 Å². The van der Waals surface area contributed by atoms with Crippen molar-refractivity contribution in [2.45, 2.75) is 84.5 Å². The van der Waals surface area contributed by atoms with Gasteiger partial charge in [-0.3, -0.25) is 9.59 Å². The maximum Gasteiger partial charge on any atom is 0.308 e. The monoisotopic (exact) mass is 439 g/mol. The lowest BCUT2D eigenvalue weighted by Gasteiger charge is -2.43. The summed E-state index contributed by atoms with van der Waals surface area (Å²) in [7, 11) is 0. The zero-order chi connectivity index (χ0) is 22.4. The van der Waals surface area contributed by atoms with E-state index >= 15 is 0 Å². The lowest BCUT2D eigenvalue weighted by atomic mass is 9.65.